The lowest BCUT2D eigenvalue weighted by Crippen LogP contribution is -2.26. The van der Waals surface area contributed by atoms with Crippen molar-refractivity contribution in [2.75, 3.05) is 14.2 Å². The van der Waals surface area contributed by atoms with Gasteiger partial charge in [0.05, 0.1) is 12.0 Å². The molecule has 2 aromatic carbocycles. The van der Waals surface area contributed by atoms with Crippen LogP contribution < -0.4 is 4.74 Å². The van der Waals surface area contributed by atoms with E-state index in [2.05, 4.69) is 0 Å². The van der Waals surface area contributed by atoms with E-state index in [1.54, 1.807) is 32.4 Å². The number of benzene rings is 2. The Kier molecular flexibility index (Phi) is 5.44. The Hall–Kier alpha value is -1.85. The molecule has 0 bridgehead atoms. The van der Waals surface area contributed by atoms with Gasteiger partial charge in [0.15, 0.2) is 0 Å². The van der Waals surface area contributed by atoms with E-state index in [-0.39, 0.29) is 5.92 Å². The fourth-order valence-electron chi connectivity index (χ4n) is 2.43. The first-order valence-corrected chi connectivity index (χ1v) is 8.98. The van der Waals surface area contributed by atoms with Crippen molar-refractivity contribution in [3.63, 3.8) is 0 Å². The smallest absolute Gasteiger partial charge is 0.243 e. The second kappa shape index (κ2) is 7.15. The molecule has 0 saturated heterocycles. The van der Waals surface area contributed by atoms with Crippen LogP contribution in [-0.4, -0.2) is 26.9 Å². The van der Waals surface area contributed by atoms with Crippen molar-refractivity contribution in [1.29, 1.82) is 0 Å². The number of ether oxygens (including phenoxy) is 1. The normalized spacial score (nSPS) is 11.9. The van der Waals surface area contributed by atoms with Gasteiger partial charge in [0.25, 0.3) is 0 Å². The molecule has 0 aliphatic heterocycles. The van der Waals surface area contributed by atoms with Gasteiger partial charge in [-0.05, 0) is 35.2 Å². The van der Waals surface area contributed by atoms with Gasteiger partial charge in [-0.15, -0.1) is 0 Å². The van der Waals surface area contributed by atoms with Crippen LogP contribution in [0.3, 0.4) is 0 Å². The van der Waals surface area contributed by atoms with E-state index in [4.69, 9.17) is 4.74 Å². The molecule has 2 rings (SSSR count). The molecule has 0 heterocycles. The quantitative estimate of drug-likeness (QED) is 0.811. The molecule has 0 amide bonds. The van der Waals surface area contributed by atoms with Gasteiger partial charge >= 0.3 is 0 Å². The summed E-state index contributed by atoms with van der Waals surface area (Å²) in [7, 11) is -0.347. The zero-order valence-electron chi connectivity index (χ0n) is 14.0. The van der Waals surface area contributed by atoms with Crippen LogP contribution in [0.4, 0.5) is 0 Å². The van der Waals surface area contributed by atoms with Gasteiger partial charge in [0, 0.05) is 13.6 Å². The molecule has 0 aliphatic rings. The predicted molar refractivity (Wildman–Crippen MR) is 92.2 cm³/mol. The van der Waals surface area contributed by atoms with Crippen molar-refractivity contribution >= 4 is 10.0 Å². The van der Waals surface area contributed by atoms with Crippen molar-refractivity contribution in [3.05, 3.63) is 59.7 Å². The monoisotopic (exact) mass is 333 g/mol. The second-order valence-corrected chi connectivity index (χ2v) is 7.85. The van der Waals surface area contributed by atoms with Gasteiger partial charge in [0.2, 0.25) is 10.0 Å². The van der Waals surface area contributed by atoms with Crippen LogP contribution in [0.5, 0.6) is 5.75 Å². The highest BCUT2D eigenvalue weighted by Crippen LogP contribution is 2.30. The van der Waals surface area contributed by atoms with Gasteiger partial charge in [-0.1, -0.05) is 44.2 Å². The molecule has 0 atom stereocenters. The average Bonchev–Trinajstić information content (AvgIpc) is 2.54. The van der Waals surface area contributed by atoms with Crippen LogP contribution in [0.1, 0.15) is 30.9 Å². The third-order valence-electron chi connectivity index (χ3n) is 3.78. The maximum atomic E-state index is 12.8. The Labute approximate surface area is 138 Å². The number of hydrogen-bond donors (Lipinski definition) is 0. The number of methoxy groups -OCH3 is 1. The minimum absolute atomic E-state index is 0.180. The topological polar surface area (TPSA) is 46.6 Å². The van der Waals surface area contributed by atoms with Crippen LogP contribution in [0.15, 0.2) is 53.4 Å². The zero-order chi connectivity index (χ0) is 17.0. The molecule has 0 aliphatic carbocycles. The molecular formula is C18H23NO3S. The van der Waals surface area contributed by atoms with Crippen LogP contribution in [0.2, 0.25) is 0 Å². The molecule has 0 aromatic heterocycles. The first-order valence-electron chi connectivity index (χ1n) is 7.54. The third kappa shape index (κ3) is 3.92. The van der Waals surface area contributed by atoms with Crippen LogP contribution in [-0.2, 0) is 16.6 Å². The summed E-state index contributed by atoms with van der Waals surface area (Å²) in [6.45, 7) is 4.37. The SMILES string of the molecule is COc1ccc(S(=O)(=O)N(C)Cc2ccccc2)cc1C(C)C. The maximum absolute atomic E-state index is 12.8. The van der Waals surface area contributed by atoms with Gasteiger partial charge in [-0.2, -0.15) is 4.31 Å². The van der Waals surface area contributed by atoms with Gasteiger partial charge in [0.1, 0.15) is 5.75 Å². The van der Waals surface area contributed by atoms with E-state index >= 15 is 0 Å². The lowest BCUT2D eigenvalue weighted by atomic mass is 10.0. The second-order valence-electron chi connectivity index (χ2n) is 5.81. The number of hydrogen-bond acceptors (Lipinski definition) is 3. The minimum atomic E-state index is -3.54. The number of rotatable bonds is 6. The highest BCUT2D eigenvalue weighted by molar-refractivity contribution is 7.89. The predicted octanol–water partition coefficient (Wildman–Crippen LogP) is 3.64. The van der Waals surface area contributed by atoms with Crippen LogP contribution in [0, 0.1) is 0 Å². The molecule has 2 aromatic rings. The Balaban J connectivity index is 2.33. The molecular weight excluding hydrogens is 310 g/mol. The van der Waals surface area contributed by atoms with E-state index in [0.29, 0.717) is 17.2 Å². The average molecular weight is 333 g/mol. The Morgan fingerprint density at radius 1 is 1.09 bits per heavy atom. The van der Waals surface area contributed by atoms with Crippen molar-refractivity contribution in [2.45, 2.75) is 31.2 Å². The fourth-order valence-corrected chi connectivity index (χ4v) is 3.62. The Bertz CT molecular complexity index is 755. The summed E-state index contributed by atoms with van der Waals surface area (Å²) in [6.07, 6.45) is 0. The third-order valence-corrected chi connectivity index (χ3v) is 5.58. The molecule has 0 radical (unpaired) electrons. The van der Waals surface area contributed by atoms with Crippen LogP contribution >= 0.6 is 0 Å². The molecule has 124 valence electrons. The molecule has 4 nitrogen and oxygen atoms in total. The summed E-state index contributed by atoms with van der Waals surface area (Å²) in [6, 6.07) is 14.6. The summed E-state index contributed by atoms with van der Waals surface area (Å²) in [4.78, 5) is 0.292. The van der Waals surface area contributed by atoms with Crippen LogP contribution in [0.25, 0.3) is 0 Å². The first kappa shape index (κ1) is 17.5. The van der Waals surface area contributed by atoms with E-state index in [1.165, 1.54) is 4.31 Å². The zero-order valence-corrected chi connectivity index (χ0v) is 14.8. The molecule has 5 heteroatoms. The van der Waals surface area contributed by atoms with Crippen molar-refractivity contribution in [3.8, 4) is 5.75 Å². The molecule has 0 unspecified atom stereocenters. The highest BCUT2D eigenvalue weighted by atomic mass is 32.2. The Morgan fingerprint density at radius 3 is 2.30 bits per heavy atom. The maximum Gasteiger partial charge on any atom is 0.243 e. The number of sulfonamides is 1. The highest BCUT2D eigenvalue weighted by Gasteiger charge is 2.22. The van der Waals surface area contributed by atoms with Gasteiger partial charge < -0.3 is 4.74 Å². The molecule has 0 spiro atoms. The standard InChI is InChI=1S/C18H23NO3S/c1-14(2)17-12-16(10-11-18(17)22-4)23(20,21)19(3)13-15-8-6-5-7-9-15/h5-12,14H,13H2,1-4H3. The summed E-state index contributed by atoms with van der Waals surface area (Å²) < 4.78 is 32.3. The number of nitrogens with zero attached hydrogens (tertiary/aromatic N) is 1. The van der Waals surface area contributed by atoms with E-state index < -0.39 is 10.0 Å². The largest absolute Gasteiger partial charge is 0.496 e. The van der Waals surface area contributed by atoms with Gasteiger partial charge in [-0.3, -0.25) is 0 Å². The van der Waals surface area contributed by atoms with E-state index in [9.17, 15) is 8.42 Å². The Morgan fingerprint density at radius 2 is 1.74 bits per heavy atom. The first-order chi connectivity index (χ1) is 10.9. The summed E-state index contributed by atoms with van der Waals surface area (Å²) in [5.74, 6) is 0.893. The van der Waals surface area contributed by atoms with Crippen molar-refractivity contribution < 1.29 is 13.2 Å². The van der Waals surface area contributed by atoms with Gasteiger partial charge in [-0.25, -0.2) is 8.42 Å². The molecule has 0 saturated carbocycles. The summed E-state index contributed by atoms with van der Waals surface area (Å²) in [5, 5.41) is 0. The van der Waals surface area contributed by atoms with E-state index in [1.807, 2.05) is 44.2 Å². The summed E-state index contributed by atoms with van der Waals surface area (Å²) in [5.41, 5.74) is 1.85. The van der Waals surface area contributed by atoms with Crippen molar-refractivity contribution in [2.24, 2.45) is 0 Å². The minimum Gasteiger partial charge on any atom is -0.496 e. The summed E-state index contributed by atoms with van der Waals surface area (Å²) >= 11 is 0. The molecule has 23 heavy (non-hydrogen) atoms. The lowest BCUT2D eigenvalue weighted by molar-refractivity contribution is 0.407. The van der Waals surface area contributed by atoms with E-state index in [0.717, 1.165) is 11.1 Å². The van der Waals surface area contributed by atoms with Crippen molar-refractivity contribution in [1.82, 2.24) is 4.31 Å². The molecule has 0 fully saturated rings. The fraction of sp³-hybridized carbons (Fsp3) is 0.333. The lowest BCUT2D eigenvalue weighted by Gasteiger charge is -2.19. The molecule has 0 N–H and O–H groups in total.